The van der Waals surface area contributed by atoms with Gasteiger partial charge in [-0.15, -0.1) is 0 Å². The van der Waals surface area contributed by atoms with Gasteiger partial charge in [-0.05, 0) is 6.92 Å². The van der Waals surface area contributed by atoms with E-state index in [1.807, 2.05) is 6.92 Å². The van der Waals surface area contributed by atoms with Crippen LogP contribution < -0.4 is 0 Å². The second-order valence-corrected chi connectivity index (χ2v) is 1.63. The SMILES string of the molecule is CCON=Cc1ncc[nH]1. The first-order valence-electron chi connectivity index (χ1n) is 3.08. The van der Waals surface area contributed by atoms with Crippen LogP contribution in [0.1, 0.15) is 12.7 Å². The monoisotopic (exact) mass is 139 g/mol. The van der Waals surface area contributed by atoms with Crippen molar-refractivity contribution in [1.29, 1.82) is 0 Å². The van der Waals surface area contributed by atoms with Gasteiger partial charge in [0.1, 0.15) is 12.8 Å². The predicted octanol–water partition coefficient (Wildman–Crippen LogP) is 0.780. The van der Waals surface area contributed by atoms with Crippen LogP contribution in [0.25, 0.3) is 0 Å². The highest BCUT2D eigenvalue weighted by Gasteiger charge is 1.84. The number of imidazole rings is 1. The molecule has 0 amide bonds. The van der Waals surface area contributed by atoms with E-state index in [4.69, 9.17) is 4.84 Å². The number of rotatable bonds is 3. The lowest BCUT2D eigenvalue weighted by Gasteiger charge is -1.87. The zero-order valence-corrected chi connectivity index (χ0v) is 5.74. The first kappa shape index (κ1) is 6.80. The summed E-state index contributed by atoms with van der Waals surface area (Å²) in [4.78, 5) is 11.5. The molecule has 0 bridgehead atoms. The third-order valence-corrected chi connectivity index (χ3v) is 0.898. The van der Waals surface area contributed by atoms with E-state index in [1.54, 1.807) is 12.4 Å². The number of nitrogens with one attached hydrogen (secondary N) is 1. The first-order chi connectivity index (χ1) is 4.93. The minimum atomic E-state index is 0.581. The molecule has 4 nitrogen and oxygen atoms in total. The summed E-state index contributed by atoms with van der Waals surface area (Å²) in [5.41, 5.74) is 0. The van der Waals surface area contributed by atoms with E-state index in [0.29, 0.717) is 12.4 Å². The Morgan fingerprint density at radius 1 is 1.90 bits per heavy atom. The number of oxime groups is 1. The fraction of sp³-hybridized carbons (Fsp3) is 0.333. The van der Waals surface area contributed by atoms with Crippen LogP contribution >= 0.6 is 0 Å². The van der Waals surface area contributed by atoms with Crippen molar-refractivity contribution in [3.63, 3.8) is 0 Å². The molecule has 0 aliphatic carbocycles. The zero-order valence-electron chi connectivity index (χ0n) is 5.74. The Labute approximate surface area is 58.9 Å². The van der Waals surface area contributed by atoms with Crippen LogP contribution in [-0.4, -0.2) is 22.8 Å². The molecule has 0 fully saturated rings. The average Bonchev–Trinajstić information content (AvgIpc) is 2.41. The van der Waals surface area contributed by atoms with Gasteiger partial charge >= 0.3 is 0 Å². The summed E-state index contributed by atoms with van der Waals surface area (Å²) in [6.45, 7) is 2.46. The van der Waals surface area contributed by atoms with E-state index in [-0.39, 0.29) is 0 Å². The lowest BCUT2D eigenvalue weighted by atomic mass is 10.7. The van der Waals surface area contributed by atoms with E-state index in [1.165, 1.54) is 6.21 Å². The highest BCUT2D eigenvalue weighted by molar-refractivity contribution is 5.73. The molecule has 1 aromatic rings. The van der Waals surface area contributed by atoms with E-state index in [0.717, 1.165) is 0 Å². The number of aromatic nitrogens is 2. The minimum Gasteiger partial charge on any atom is -0.396 e. The summed E-state index contributed by atoms with van der Waals surface area (Å²) in [5, 5.41) is 3.61. The van der Waals surface area contributed by atoms with Crippen LogP contribution in [0, 0.1) is 0 Å². The van der Waals surface area contributed by atoms with Crippen LogP contribution in [-0.2, 0) is 4.84 Å². The van der Waals surface area contributed by atoms with Gasteiger partial charge in [0.05, 0.1) is 0 Å². The maximum absolute atomic E-state index is 4.72. The van der Waals surface area contributed by atoms with Gasteiger partial charge in [-0.3, -0.25) is 0 Å². The highest BCUT2D eigenvalue weighted by Crippen LogP contribution is 1.82. The zero-order chi connectivity index (χ0) is 7.23. The molecule has 1 heterocycles. The van der Waals surface area contributed by atoms with Crippen molar-refractivity contribution < 1.29 is 4.84 Å². The molecule has 54 valence electrons. The van der Waals surface area contributed by atoms with Crippen LogP contribution in [0.4, 0.5) is 0 Å². The average molecular weight is 139 g/mol. The lowest BCUT2D eigenvalue weighted by Crippen LogP contribution is -1.85. The van der Waals surface area contributed by atoms with Gasteiger partial charge in [-0.1, -0.05) is 5.16 Å². The molecule has 0 radical (unpaired) electrons. The topological polar surface area (TPSA) is 50.3 Å². The van der Waals surface area contributed by atoms with Crippen molar-refractivity contribution in [2.24, 2.45) is 5.16 Å². The fourth-order valence-corrected chi connectivity index (χ4v) is 0.510. The van der Waals surface area contributed by atoms with Crippen molar-refractivity contribution >= 4 is 6.21 Å². The van der Waals surface area contributed by atoms with Crippen molar-refractivity contribution in [1.82, 2.24) is 9.97 Å². The van der Waals surface area contributed by atoms with E-state index in [2.05, 4.69) is 15.1 Å². The molecule has 0 saturated carbocycles. The summed E-state index contributed by atoms with van der Waals surface area (Å²) < 4.78 is 0. The fourth-order valence-electron chi connectivity index (χ4n) is 0.510. The van der Waals surface area contributed by atoms with E-state index in [9.17, 15) is 0 Å². The molecule has 0 aliphatic heterocycles. The largest absolute Gasteiger partial charge is 0.396 e. The molecule has 4 heteroatoms. The Morgan fingerprint density at radius 2 is 2.80 bits per heavy atom. The van der Waals surface area contributed by atoms with Crippen molar-refractivity contribution in [2.45, 2.75) is 6.92 Å². The van der Waals surface area contributed by atoms with Gasteiger partial charge < -0.3 is 9.82 Å². The maximum atomic E-state index is 4.72. The minimum absolute atomic E-state index is 0.581. The smallest absolute Gasteiger partial charge is 0.151 e. The standard InChI is InChI=1S/C6H9N3O/c1-2-10-9-5-6-7-3-4-8-6/h3-5H,2H2,1H3,(H,7,8). The Kier molecular flexibility index (Phi) is 2.49. The summed E-state index contributed by atoms with van der Waals surface area (Å²) in [6, 6.07) is 0. The van der Waals surface area contributed by atoms with Crippen LogP contribution in [0.2, 0.25) is 0 Å². The number of nitrogens with zero attached hydrogens (tertiary/aromatic N) is 2. The quantitative estimate of drug-likeness (QED) is 0.497. The van der Waals surface area contributed by atoms with Gasteiger partial charge in [0, 0.05) is 12.4 Å². The van der Waals surface area contributed by atoms with E-state index >= 15 is 0 Å². The molecule has 1 rings (SSSR count). The summed E-state index contributed by atoms with van der Waals surface area (Å²) in [5.74, 6) is 0.702. The van der Waals surface area contributed by atoms with Crippen LogP contribution in [0.5, 0.6) is 0 Å². The van der Waals surface area contributed by atoms with Gasteiger partial charge in [-0.25, -0.2) is 4.98 Å². The molecule has 0 saturated heterocycles. The normalized spacial score (nSPS) is 10.5. The van der Waals surface area contributed by atoms with Crippen molar-refractivity contribution in [3.05, 3.63) is 18.2 Å². The number of aromatic amines is 1. The second kappa shape index (κ2) is 3.66. The van der Waals surface area contributed by atoms with Crippen LogP contribution in [0.3, 0.4) is 0 Å². The van der Waals surface area contributed by atoms with Gasteiger partial charge in [0.25, 0.3) is 0 Å². The highest BCUT2D eigenvalue weighted by atomic mass is 16.6. The second-order valence-electron chi connectivity index (χ2n) is 1.63. The summed E-state index contributed by atoms with van der Waals surface area (Å²) in [6.07, 6.45) is 4.92. The third kappa shape index (κ3) is 1.89. The van der Waals surface area contributed by atoms with Gasteiger partial charge in [0.15, 0.2) is 5.82 Å². The number of hydrogen-bond acceptors (Lipinski definition) is 3. The predicted molar refractivity (Wildman–Crippen MR) is 37.8 cm³/mol. The summed E-state index contributed by atoms with van der Waals surface area (Å²) in [7, 11) is 0. The van der Waals surface area contributed by atoms with Crippen molar-refractivity contribution in [2.75, 3.05) is 6.61 Å². The molecule has 0 aliphatic rings. The third-order valence-electron chi connectivity index (χ3n) is 0.898. The Bertz CT molecular complexity index is 193. The molecular formula is C6H9N3O. The molecule has 1 N–H and O–H groups in total. The molecule has 0 aromatic carbocycles. The number of hydrogen-bond donors (Lipinski definition) is 1. The lowest BCUT2D eigenvalue weighted by molar-refractivity contribution is 0.160. The molecule has 0 unspecified atom stereocenters. The Balaban J connectivity index is 2.40. The maximum Gasteiger partial charge on any atom is 0.151 e. The molecule has 0 atom stereocenters. The summed E-state index contributed by atoms with van der Waals surface area (Å²) >= 11 is 0. The van der Waals surface area contributed by atoms with Crippen LogP contribution in [0.15, 0.2) is 17.5 Å². The van der Waals surface area contributed by atoms with Gasteiger partial charge in [-0.2, -0.15) is 0 Å². The number of H-pyrrole nitrogens is 1. The Morgan fingerprint density at radius 3 is 3.40 bits per heavy atom. The molecule has 0 spiro atoms. The first-order valence-corrected chi connectivity index (χ1v) is 3.08. The van der Waals surface area contributed by atoms with Crippen molar-refractivity contribution in [3.8, 4) is 0 Å². The molecule has 1 aromatic heterocycles. The van der Waals surface area contributed by atoms with Gasteiger partial charge in [0.2, 0.25) is 0 Å². The molecule has 10 heavy (non-hydrogen) atoms. The Hall–Kier alpha value is -1.32. The molecular weight excluding hydrogens is 130 g/mol. The van der Waals surface area contributed by atoms with E-state index < -0.39 is 0 Å².